The minimum atomic E-state index is -3.36. The van der Waals surface area contributed by atoms with Crippen LogP contribution in [-0.4, -0.2) is 19.6 Å². The van der Waals surface area contributed by atoms with E-state index in [1.54, 1.807) is 25.5 Å². The first-order valence-corrected chi connectivity index (χ1v) is 9.21. The van der Waals surface area contributed by atoms with Gasteiger partial charge in [-0.05, 0) is 24.4 Å². The summed E-state index contributed by atoms with van der Waals surface area (Å²) in [5.74, 6) is -0.511. The Labute approximate surface area is 160 Å². The van der Waals surface area contributed by atoms with Crippen LogP contribution >= 0.6 is 34.5 Å². The average molecular weight is 423 g/mol. The van der Waals surface area contributed by atoms with Crippen LogP contribution < -0.4 is 15.2 Å². The molecule has 3 rings (SSSR count). The molecule has 0 aliphatic heterocycles. The van der Waals surface area contributed by atoms with Gasteiger partial charge in [0.2, 0.25) is 0 Å². The molecule has 140 valence electrons. The lowest BCUT2D eigenvalue weighted by Crippen LogP contribution is -2.45. The number of aryl methyl sites for hydroxylation is 1. The van der Waals surface area contributed by atoms with Gasteiger partial charge >= 0.3 is 16.6 Å². The second-order valence-corrected chi connectivity index (χ2v) is 8.03. The highest BCUT2D eigenvalue weighted by atomic mass is 35.5. The zero-order valence-corrected chi connectivity index (χ0v) is 15.9. The van der Waals surface area contributed by atoms with Crippen molar-refractivity contribution in [1.82, 2.24) is 14.2 Å². The lowest BCUT2D eigenvalue weighted by atomic mass is 10.1. The molecule has 0 aliphatic rings. The monoisotopic (exact) mass is 422 g/mol. The summed E-state index contributed by atoms with van der Waals surface area (Å²) in [5, 5.41) is 9.49. The van der Waals surface area contributed by atoms with E-state index >= 15 is 0 Å². The van der Waals surface area contributed by atoms with Gasteiger partial charge in [0, 0.05) is 19.7 Å². The van der Waals surface area contributed by atoms with E-state index in [0.29, 0.717) is 10.1 Å². The molecule has 0 fully saturated rings. The quantitative estimate of drug-likeness (QED) is 0.452. The van der Waals surface area contributed by atoms with Crippen molar-refractivity contribution in [2.45, 2.75) is 31.2 Å². The number of rotatable bonds is 6. The van der Waals surface area contributed by atoms with Crippen LogP contribution in [0.5, 0.6) is 5.88 Å². The van der Waals surface area contributed by atoms with Crippen LogP contribution in [0.25, 0.3) is 5.65 Å². The highest BCUT2D eigenvalue weighted by Gasteiger charge is 2.26. The molecule has 0 aliphatic carbocycles. The highest BCUT2D eigenvalue weighted by Crippen LogP contribution is 2.26. The average Bonchev–Trinajstić information content (AvgIpc) is 3.12. The van der Waals surface area contributed by atoms with Crippen molar-refractivity contribution in [1.29, 1.82) is 0 Å². The van der Waals surface area contributed by atoms with Gasteiger partial charge in [0.1, 0.15) is 6.54 Å². The fourth-order valence-electron chi connectivity index (χ4n) is 2.76. The standard InChI is InChI=1S/C15H14Cl2F2N4O2S/c1-21-6-4-11-22(8-9-7-20-14(16)26-9)12(24)10(13(25)23(11)21)3-2-5-15(17,18)19/h4,6-7H,2-3,5,8H2,1H3. The molecule has 0 saturated heterocycles. The molecule has 3 aromatic rings. The second-order valence-electron chi connectivity index (χ2n) is 5.78. The Morgan fingerprint density at radius 2 is 2.19 bits per heavy atom. The Balaban J connectivity index is 2.06. The Hall–Kier alpha value is -1.71. The molecule has 26 heavy (non-hydrogen) atoms. The van der Waals surface area contributed by atoms with E-state index in [4.69, 9.17) is 23.2 Å². The van der Waals surface area contributed by atoms with E-state index in [2.05, 4.69) is 4.98 Å². The first-order valence-electron chi connectivity index (χ1n) is 7.64. The molecule has 0 bridgehead atoms. The van der Waals surface area contributed by atoms with Gasteiger partial charge in [-0.25, -0.2) is 19.0 Å². The lowest BCUT2D eigenvalue weighted by molar-refractivity contribution is -0.709. The number of hydrogen-bond donors (Lipinski definition) is 0. The van der Waals surface area contributed by atoms with Crippen LogP contribution in [0, 0.1) is 0 Å². The third-order valence-corrected chi connectivity index (χ3v) is 5.22. The molecular weight excluding hydrogens is 409 g/mol. The SMILES string of the molecule is Cn1ccc2n1c(=O)c(CCCC(F)(F)Cl)c([O-])[n+]2Cc1cnc(Cl)s1. The summed E-state index contributed by atoms with van der Waals surface area (Å²) < 4.78 is 30.3. The number of fused-ring (bicyclic) bond motifs is 1. The maximum absolute atomic E-state index is 12.9. The Kier molecular flexibility index (Phi) is 5.23. The summed E-state index contributed by atoms with van der Waals surface area (Å²) in [4.78, 5) is 17.4. The predicted octanol–water partition coefficient (Wildman–Crippen LogP) is 2.31. The smallest absolute Gasteiger partial charge is 0.363 e. The van der Waals surface area contributed by atoms with Crippen molar-refractivity contribution in [3.05, 3.63) is 43.7 Å². The fourth-order valence-corrected chi connectivity index (χ4v) is 3.86. The molecule has 0 atom stereocenters. The van der Waals surface area contributed by atoms with E-state index in [0.717, 1.165) is 4.88 Å². The van der Waals surface area contributed by atoms with Crippen molar-refractivity contribution in [2.75, 3.05) is 0 Å². The van der Waals surface area contributed by atoms with Gasteiger partial charge < -0.3 is 5.11 Å². The van der Waals surface area contributed by atoms with Crippen molar-refractivity contribution < 1.29 is 18.5 Å². The third kappa shape index (κ3) is 3.84. The molecule has 6 nitrogen and oxygen atoms in total. The van der Waals surface area contributed by atoms with E-state index < -0.39 is 23.2 Å². The van der Waals surface area contributed by atoms with Crippen LogP contribution in [-0.2, 0) is 20.0 Å². The molecular formula is C15H14Cl2F2N4O2S. The highest BCUT2D eigenvalue weighted by molar-refractivity contribution is 7.15. The summed E-state index contributed by atoms with van der Waals surface area (Å²) >= 11 is 12.0. The second kappa shape index (κ2) is 7.13. The van der Waals surface area contributed by atoms with Crippen LogP contribution in [0.3, 0.4) is 0 Å². The largest absolute Gasteiger partial charge is 0.842 e. The zero-order valence-electron chi connectivity index (χ0n) is 13.6. The molecule has 3 aromatic heterocycles. The Morgan fingerprint density at radius 3 is 2.81 bits per heavy atom. The summed E-state index contributed by atoms with van der Waals surface area (Å²) in [5.41, 5.74) is -0.173. The van der Waals surface area contributed by atoms with Gasteiger partial charge in [-0.15, -0.1) is 11.3 Å². The van der Waals surface area contributed by atoms with Gasteiger partial charge in [0.15, 0.2) is 4.47 Å². The summed E-state index contributed by atoms with van der Waals surface area (Å²) in [7, 11) is 1.66. The third-order valence-electron chi connectivity index (χ3n) is 3.93. The number of nitrogens with zero attached hydrogens (tertiary/aromatic N) is 4. The van der Waals surface area contributed by atoms with Crippen molar-refractivity contribution in [2.24, 2.45) is 7.05 Å². The number of hydrogen-bond acceptors (Lipinski definition) is 4. The van der Waals surface area contributed by atoms with E-state index in [1.165, 1.54) is 25.1 Å². The predicted molar refractivity (Wildman–Crippen MR) is 92.2 cm³/mol. The summed E-state index contributed by atoms with van der Waals surface area (Å²) in [6, 6.07) is 1.64. The number of thiazole rings is 1. The normalized spacial score (nSPS) is 12.2. The zero-order chi connectivity index (χ0) is 19.1. The van der Waals surface area contributed by atoms with Crippen molar-refractivity contribution >= 4 is 40.2 Å². The van der Waals surface area contributed by atoms with Gasteiger partial charge in [0.25, 0.3) is 0 Å². The van der Waals surface area contributed by atoms with Gasteiger partial charge in [-0.2, -0.15) is 8.78 Å². The van der Waals surface area contributed by atoms with Crippen LogP contribution in [0.1, 0.15) is 23.3 Å². The van der Waals surface area contributed by atoms with Crippen molar-refractivity contribution in [3.8, 4) is 5.88 Å². The summed E-state index contributed by atoms with van der Waals surface area (Å²) in [6.07, 6.45) is 2.41. The molecule has 3 heterocycles. The Morgan fingerprint density at radius 1 is 1.46 bits per heavy atom. The molecule has 0 radical (unpaired) electrons. The maximum atomic E-state index is 12.9. The number of aromatic nitrogens is 4. The molecule has 0 aromatic carbocycles. The van der Waals surface area contributed by atoms with Gasteiger partial charge in [0.05, 0.1) is 28.6 Å². The first-order chi connectivity index (χ1) is 12.2. The molecule has 0 amide bonds. The Bertz CT molecular complexity index is 1010. The van der Waals surface area contributed by atoms with E-state index in [1.807, 2.05) is 0 Å². The molecule has 11 heteroatoms. The van der Waals surface area contributed by atoms with Crippen LogP contribution in [0.2, 0.25) is 4.47 Å². The lowest BCUT2D eigenvalue weighted by Gasteiger charge is -2.16. The first kappa shape index (κ1) is 19.1. The minimum Gasteiger partial charge on any atom is -0.842 e. The van der Waals surface area contributed by atoms with Crippen LogP contribution in [0.4, 0.5) is 8.78 Å². The number of halogens is 4. The minimum absolute atomic E-state index is 0.0548. The van der Waals surface area contributed by atoms with Crippen molar-refractivity contribution in [3.63, 3.8) is 0 Å². The molecule has 0 N–H and O–H groups in total. The molecule has 0 spiro atoms. The van der Waals surface area contributed by atoms with Crippen LogP contribution in [0.15, 0.2) is 23.3 Å². The topological polar surface area (TPSA) is 66.2 Å². The van der Waals surface area contributed by atoms with E-state index in [-0.39, 0.29) is 24.9 Å². The molecule has 0 saturated carbocycles. The summed E-state index contributed by atoms with van der Waals surface area (Å²) in [6.45, 7) is 0.176. The number of alkyl halides is 3. The fraction of sp³-hybridized carbons (Fsp3) is 0.400. The maximum Gasteiger partial charge on any atom is 0.363 e. The van der Waals surface area contributed by atoms with Gasteiger partial charge in [-0.1, -0.05) is 16.1 Å². The van der Waals surface area contributed by atoms with E-state index in [9.17, 15) is 18.7 Å². The van der Waals surface area contributed by atoms with Gasteiger partial charge in [-0.3, -0.25) is 0 Å². The molecule has 0 unspecified atom stereocenters.